The van der Waals surface area contributed by atoms with Gasteiger partial charge < -0.3 is 20.3 Å². The lowest BCUT2D eigenvalue weighted by Gasteiger charge is -2.50. The molecule has 2 heterocycles. The molecule has 0 spiro atoms. The van der Waals surface area contributed by atoms with Gasteiger partial charge in [-0.25, -0.2) is 4.39 Å². The molecule has 2 fully saturated rings. The minimum atomic E-state index is -0.332. The molecule has 2 bridgehead atoms. The average Bonchev–Trinajstić information content (AvgIpc) is 2.65. The Hall–Kier alpha value is -1.73. The second kappa shape index (κ2) is 9.46. The van der Waals surface area contributed by atoms with Crippen LogP contribution in [0.1, 0.15) is 48.9 Å². The molecule has 2 aliphatic heterocycles. The molecule has 0 saturated carbocycles. The van der Waals surface area contributed by atoms with Gasteiger partial charge in [-0.1, -0.05) is 0 Å². The summed E-state index contributed by atoms with van der Waals surface area (Å²) in [5.74, 6) is -0.465. The first-order valence-electron chi connectivity index (χ1n) is 9.70. The van der Waals surface area contributed by atoms with Crippen LogP contribution in [0, 0.1) is 5.82 Å². The number of hydrogen-bond donors (Lipinski definition) is 2. The highest BCUT2D eigenvalue weighted by Gasteiger charge is 2.39. The number of ether oxygens (including phenoxy) is 1. The van der Waals surface area contributed by atoms with Crippen molar-refractivity contribution in [2.75, 3.05) is 20.3 Å². The zero-order valence-corrected chi connectivity index (χ0v) is 16.6. The molecule has 0 aromatic heterocycles. The van der Waals surface area contributed by atoms with Gasteiger partial charge >= 0.3 is 0 Å². The fourth-order valence-electron chi connectivity index (χ4n) is 4.20. The minimum absolute atomic E-state index is 0.130. The second-order valence-electron chi connectivity index (χ2n) is 7.37. The van der Waals surface area contributed by atoms with E-state index in [1.807, 2.05) is 0 Å². The first kappa shape index (κ1) is 20.0. The van der Waals surface area contributed by atoms with Crippen LogP contribution in [0.2, 0.25) is 0 Å². The van der Waals surface area contributed by atoms with Gasteiger partial charge in [0.25, 0.3) is 5.91 Å². The summed E-state index contributed by atoms with van der Waals surface area (Å²) in [5, 5.41) is 7.31. The third-order valence-corrected chi connectivity index (χ3v) is 5.81. The van der Waals surface area contributed by atoms with Gasteiger partial charge in [-0.15, -0.1) is 0 Å². The number of halogens is 1. The van der Waals surface area contributed by atoms with E-state index < -0.39 is 0 Å². The standard InChI is InChI=1S/C20H28FN3O2S/c1-26-11-3-10-22-20(27)24-17-4-2-5-18(24)13-16(12-17)23-19(25)14-6-8-15(21)9-7-14/h6-9,16-18H,2-5,10-13H2,1H3,(H,22,27)(H,23,25). The average molecular weight is 394 g/mol. The Morgan fingerprint density at radius 3 is 2.56 bits per heavy atom. The molecule has 0 radical (unpaired) electrons. The Balaban J connectivity index is 1.56. The number of piperidine rings is 2. The molecule has 1 amide bonds. The van der Waals surface area contributed by atoms with E-state index >= 15 is 0 Å². The topological polar surface area (TPSA) is 53.6 Å². The van der Waals surface area contributed by atoms with Crippen LogP contribution in [0.15, 0.2) is 24.3 Å². The number of rotatable bonds is 6. The van der Waals surface area contributed by atoms with Crippen molar-refractivity contribution in [3.63, 3.8) is 0 Å². The van der Waals surface area contributed by atoms with Gasteiger partial charge in [-0.3, -0.25) is 4.79 Å². The molecule has 5 nitrogen and oxygen atoms in total. The van der Waals surface area contributed by atoms with Gasteiger partial charge in [0.2, 0.25) is 0 Å². The maximum Gasteiger partial charge on any atom is 0.251 e. The van der Waals surface area contributed by atoms with Gasteiger partial charge in [0.05, 0.1) is 0 Å². The van der Waals surface area contributed by atoms with Crippen LogP contribution in [0.5, 0.6) is 0 Å². The lowest BCUT2D eigenvalue weighted by Crippen LogP contribution is -2.60. The first-order valence-corrected chi connectivity index (χ1v) is 10.1. The van der Waals surface area contributed by atoms with Crippen LogP contribution < -0.4 is 10.6 Å². The lowest BCUT2D eigenvalue weighted by atomic mass is 9.82. The van der Waals surface area contributed by atoms with Crippen molar-refractivity contribution in [2.24, 2.45) is 0 Å². The number of methoxy groups -OCH3 is 1. The van der Waals surface area contributed by atoms with Crippen molar-refractivity contribution < 1.29 is 13.9 Å². The van der Waals surface area contributed by atoms with Gasteiger partial charge in [0.1, 0.15) is 5.82 Å². The number of carbonyl (C=O) groups excluding carboxylic acids is 1. The summed E-state index contributed by atoms with van der Waals surface area (Å²) in [7, 11) is 1.70. The Bertz CT molecular complexity index is 641. The van der Waals surface area contributed by atoms with Crippen molar-refractivity contribution >= 4 is 23.2 Å². The van der Waals surface area contributed by atoms with Crippen LogP contribution in [0.4, 0.5) is 4.39 Å². The smallest absolute Gasteiger partial charge is 0.251 e. The van der Waals surface area contributed by atoms with Crippen molar-refractivity contribution in [3.8, 4) is 0 Å². The van der Waals surface area contributed by atoms with Crippen LogP contribution in [0.25, 0.3) is 0 Å². The number of nitrogens with one attached hydrogen (secondary N) is 2. The molecule has 148 valence electrons. The van der Waals surface area contributed by atoms with Gasteiger partial charge in [-0.2, -0.15) is 0 Å². The summed E-state index contributed by atoms with van der Waals surface area (Å²) in [6.07, 6.45) is 6.11. The predicted molar refractivity (Wildman–Crippen MR) is 107 cm³/mol. The molecular formula is C20H28FN3O2S. The molecule has 0 aliphatic carbocycles. The molecule has 1 aromatic rings. The third kappa shape index (κ3) is 5.17. The van der Waals surface area contributed by atoms with E-state index in [2.05, 4.69) is 15.5 Å². The summed E-state index contributed by atoms with van der Waals surface area (Å²) < 4.78 is 18.1. The molecule has 7 heteroatoms. The number of nitrogens with zero attached hydrogens (tertiary/aromatic N) is 1. The first-order chi connectivity index (χ1) is 13.1. The van der Waals surface area contributed by atoms with Crippen LogP contribution in [-0.2, 0) is 4.74 Å². The highest BCUT2D eigenvalue weighted by Crippen LogP contribution is 2.34. The largest absolute Gasteiger partial charge is 0.385 e. The molecule has 27 heavy (non-hydrogen) atoms. The third-order valence-electron chi connectivity index (χ3n) is 5.45. The number of hydrogen-bond acceptors (Lipinski definition) is 3. The molecule has 2 atom stereocenters. The van der Waals surface area contributed by atoms with E-state index in [1.165, 1.54) is 30.7 Å². The zero-order valence-electron chi connectivity index (χ0n) is 15.7. The number of thiocarbonyl (C=S) groups is 1. The maximum atomic E-state index is 13.1. The van der Waals surface area contributed by atoms with E-state index in [0.29, 0.717) is 17.6 Å². The van der Waals surface area contributed by atoms with E-state index in [4.69, 9.17) is 17.0 Å². The van der Waals surface area contributed by atoms with Gasteiger partial charge in [-0.05, 0) is 75.0 Å². The second-order valence-corrected chi connectivity index (χ2v) is 7.76. The summed E-state index contributed by atoms with van der Waals surface area (Å²) in [5.41, 5.74) is 0.499. The normalized spacial score (nSPS) is 24.4. The fraction of sp³-hybridized carbons (Fsp3) is 0.600. The summed E-state index contributed by atoms with van der Waals surface area (Å²) in [4.78, 5) is 14.8. The molecule has 2 N–H and O–H groups in total. The van der Waals surface area contributed by atoms with Gasteiger partial charge in [0.15, 0.2) is 5.11 Å². The molecule has 2 aliphatic rings. The molecule has 3 rings (SSSR count). The van der Waals surface area contributed by atoms with E-state index in [1.54, 1.807) is 7.11 Å². The van der Waals surface area contributed by atoms with Crippen molar-refractivity contribution in [2.45, 2.75) is 56.7 Å². The Kier molecular flexibility index (Phi) is 7.01. The molecule has 1 aromatic carbocycles. The predicted octanol–water partition coefficient (Wildman–Crippen LogP) is 2.85. The van der Waals surface area contributed by atoms with E-state index in [-0.39, 0.29) is 17.8 Å². The number of carbonyl (C=O) groups is 1. The van der Waals surface area contributed by atoms with Crippen LogP contribution in [0.3, 0.4) is 0 Å². The van der Waals surface area contributed by atoms with E-state index in [0.717, 1.165) is 50.4 Å². The molecular weight excluding hydrogens is 365 g/mol. The number of benzene rings is 1. The SMILES string of the molecule is COCCCNC(=S)N1C2CCCC1CC(NC(=O)c1ccc(F)cc1)C2. The highest BCUT2D eigenvalue weighted by atomic mass is 32.1. The Labute approximate surface area is 165 Å². The summed E-state index contributed by atoms with van der Waals surface area (Å²) >= 11 is 5.64. The van der Waals surface area contributed by atoms with Crippen molar-refractivity contribution in [1.82, 2.24) is 15.5 Å². The van der Waals surface area contributed by atoms with E-state index in [9.17, 15) is 9.18 Å². The Morgan fingerprint density at radius 1 is 1.26 bits per heavy atom. The van der Waals surface area contributed by atoms with Crippen LogP contribution >= 0.6 is 12.2 Å². The quantitative estimate of drug-likeness (QED) is 0.575. The molecule has 2 saturated heterocycles. The molecule has 2 unspecified atom stereocenters. The maximum absolute atomic E-state index is 13.1. The number of amides is 1. The van der Waals surface area contributed by atoms with Crippen molar-refractivity contribution in [1.29, 1.82) is 0 Å². The van der Waals surface area contributed by atoms with Crippen LogP contribution in [-0.4, -0.2) is 54.3 Å². The minimum Gasteiger partial charge on any atom is -0.385 e. The number of fused-ring (bicyclic) bond motifs is 2. The fourth-order valence-corrected chi connectivity index (χ4v) is 4.60. The lowest BCUT2D eigenvalue weighted by molar-refractivity contribution is 0.0739. The summed E-state index contributed by atoms with van der Waals surface area (Å²) in [6.45, 7) is 1.54. The van der Waals surface area contributed by atoms with Gasteiger partial charge in [0, 0.05) is 44.0 Å². The van der Waals surface area contributed by atoms with Crippen molar-refractivity contribution in [3.05, 3.63) is 35.6 Å². The monoisotopic (exact) mass is 393 g/mol. The highest BCUT2D eigenvalue weighted by molar-refractivity contribution is 7.80. The Morgan fingerprint density at radius 2 is 1.93 bits per heavy atom. The summed E-state index contributed by atoms with van der Waals surface area (Å²) in [6, 6.07) is 6.54. The zero-order chi connectivity index (χ0) is 19.2.